The normalized spacial score (nSPS) is 13.1. The molecule has 2 aromatic heterocycles. The Balaban J connectivity index is 0.000000943. The van der Waals surface area contributed by atoms with E-state index in [-0.39, 0.29) is 0 Å². The predicted molar refractivity (Wildman–Crippen MR) is 199 cm³/mol. The van der Waals surface area contributed by atoms with Gasteiger partial charge in [0.15, 0.2) is 17.3 Å². The summed E-state index contributed by atoms with van der Waals surface area (Å²) < 4.78 is 48.3. The van der Waals surface area contributed by atoms with E-state index in [0.29, 0.717) is 37.9 Å². The Morgan fingerprint density at radius 1 is 0.922 bits per heavy atom. The van der Waals surface area contributed by atoms with Crippen LogP contribution in [-0.2, 0) is 34.1 Å². The highest BCUT2D eigenvalue weighted by molar-refractivity contribution is 7.85. The van der Waals surface area contributed by atoms with E-state index in [1.54, 1.807) is 20.4 Å². The minimum atomic E-state index is -3.67. The van der Waals surface area contributed by atoms with E-state index >= 15 is 0 Å². The molecule has 270 valence electrons. The van der Waals surface area contributed by atoms with Crippen molar-refractivity contribution in [2.75, 3.05) is 63.7 Å². The van der Waals surface area contributed by atoms with Crippen molar-refractivity contribution in [3.8, 4) is 17.5 Å². The lowest BCUT2D eigenvalue weighted by Crippen LogP contribution is -2.36. The molecule has 0 amide bonds. The molecule has 6 rings (SSSR count). The number of hydrogen-bond donors (Lipinski definition) is 3. The highest BCUT2D eigenvalue weighted by Crippen LogP contribution is 2.28. The van der Waals surface area contributed by atoms with Crippen molar-refractivity contribution in [3.63, 3.8) is 0 Å². The van der Waals surface area contributed by atoms with Gasteiger partial charge in [-0.3, -0.25) is 9.98 Å². The molecule has 51 heavy (non-hydrogen) atoms. The van der Waals surface area contributed by atoms with Crippen LogP contribution >= 0.6 is 0 Å². The van der Waals surface area contributed by atoms with Gasteiger partial charge >= 0.3 is 6.01 Å². The van der Waals surface area contributed by atoms with Crippen LogP contribution in [0.2, 0.25) is 0 Å². The van der Waals surface area contributed by atoms with Crippen molar-refractivity contribution in [1.82, 2.24) is 15.0 Å². The van der Waals surface area contributed by atoms with E-state index in [2.05, 4.69) is 67.9 Å². The van der Waals surface area contributed by atoms with Crippen molar-refractivity contribution >= 4 is 38.9 Å². The zero-order chi connectivity index (χ0) is 36.1. The van der Waals surface area contributed by atoms with Crippen LogP contribution in [0.5, 0.6) is 17.5 Å². The Labute approximate surface area is 298 Å². The third kappa shape index (κ3) is 11.7. The molecular weight excluding hydrogens is 673 g/mol. The Bertz CT molecular complexity index is 2000. The zero-order valence-electron chi connectivity index (χ0n) is 29.0. The molecule has 3 aromatic carbocycles. The molecule has 0 spiro atoms. The fourth-order valence-electron chi connectivity index (χ4n) is 5.59. The van der Waals surface area contributed by atoms with Crippen molar-refractivity contribution in [2.24, 2.45) is 5.10 Å². The molecule has 13 nitrogen and oxygen atoms in total. The highest BCUT2D eigenvalue weighted by atomic mass is 32.2. The van der Waals surface area contributed by atoms with Crippen LogP contribution in [0, 0.1) is 0 Å². The zero-order valence-corrected chi connectivity index (χ0v) is 29.9. The first-order valence-corrected chi connectivity index (χ1v) is 18.4. The van der Waals surface area contributed by atoms with Gasteiger partial charge in [0.2, 0.25) is 0 Å². The summed E-state index contributed by atoms with van der Waals surface area (Å²) in [4.78, 5) is 14.8. The first-order chi connectivity index (χ1) is 24.7. The quantitative estimate of drug-likeness (QED) is 0.0750. The lowest BCUT2D eigenvalue weighted by molar-refractivity contribution is 0.122. The maximum Gasteiger partial charge on any atom is 0.320 e. The van der Waals surface area contributed by atoms with E-state index in [0.717, 1.165) is 72.6 Å². The van der Waals surface area contributed by atoms with Crippen LogP contribution in [0.1, 0.15) is 28.7 Å². The second-order valence-electron chi connectivity index (χ2n) is 11.8. The van der Waals surface area contributed by atoms with Gasteiger partial charge < -0.3 is 28.8 Å². The van der Waals surface area contributed by atoms with Gasteiger partial charge in [-0.2, -0.15) is 23.5 Å². The number of rotatable bonds is 14. The Hall–Kier alpha value is -5.18. The monoisotopic (exact) mass is 716 g/mol. The number of hydrogen-bond acceptors (Lipinski definition) is 11. The van der Waals surface area contributed by atoms with Gasteiger partial charge in [-0.05, 0) is 54.2 Å². The summed E-state index contributed by atoms with van der Waals surface area (Å²) in [6, 6.07) is 25.2. The molecule has 3 heterocycles. The minimum Gasteiger partial charge on any atom is -0.493 e. The number of aromatic nitrogens is 3. The largest absolute Gasteiger partial charge is 0.493 e. The van der Waals surface area contributed by atoms with Gasteiger partial charge in [-0.25, -0.2) is 0 Å². The molecule has 0 atom stereocenters. The van der Waals surface area contributed by atoms with Crippen molar-refractivity contribution in [2.45, 2.75) is 25.7 Å². The number of methoxy groups -OCH3 is 2. The molecule has 0 aliphatic carbocycles. The van der Waals surface area contributed by atoms with E-state index in [1.165, 1.54) is 16.7 Å². The fourth-order valence-corrected chi connectivity index (χ4v) is 5.59. The van der Waals surface area contributed by atoms with Gasteiger partial charge in [-0.15, -0.1) is 0 Å². The summed E-state index contributed by atoms with van der Waals surface area (Å²) in [5.41, 5.74) is 8.90. The third-order valence-electron chi connectivity index (χ3n) is 8.02. The summed E-state index contributed by atoms with van der Waals surface area (Å²) in [5.74, 6) is 2.87. The molecule has 1 saturated heterocycles. The summed E-state index contributed by atoms with van der Waals surface area (Å²) in [7, 11) is -0.342. The second kappa shape index (κ2) is 18.2. The molecule has 14 heteroatoms. The van der Waals surface area contributed by atoms with Gasteiger partial charge in [0, 0.05) is 48.2 Å². The van der Waals surface area contributed by atoms with Crippen LogP contribution in [0.25, 0.3) is 10.9 Å². The van der Waals surface area contributed by atoms with Gasteiger partial charge in [0.25, 0.3) is 10.1 Å². The molecule has 0 bridgehead atoms. The summed E-state index contributed by atoms with van der Waals surface area (Å²) in [6.07, 6.45) is 8.18. The summed E-state index contributed by atoms with van der Waals surface area (Å²) >= 11 is 0. The molecule has 1 aliphatic heterocycles. The number of hydrazone groups is 1. The topological polar surface area (TPSA) is 160 Å². The van der Waals surface area contributed by atoms with Gasteiger partial charge in [0.1, 0.15) is 5.82 Å². The fraction of sp³-hybridized carbons (Fsp3) is 0.324. The maximum absolute atomic E-state index is 9.19. The molecular formula is C37H44N6O7S. The first-order valence-electron chi connectivity index (χ1n) is 16.6. The first kappa shape index (κ1) is 37.1. The number of aromatic amines is 1. The lowest BCUT2D eigenvalue weighted by Gasteiger charge is -2.28. The summed E-state index contributed by atoms with van der Waals surface area (Å²) in [6.45, 7) is 3.29. The Morgan fingerprint density at radius 3 is 2.37 bits per heavy atom. The Kier molecular flexibility index (Phi) is 13.2. The third-order valence-corrected chi connectivity index (χ3v) is 8.02. The Morgan fingerprint density at radius 2 is 1.63 bits per heavy atom. The molecule has 0 saturated carbocycles. The number of fused-ring (bicyclic) bond motifs is 1. The van der Waals surface area contributed by atoms with E-state index < -0.39 is 10.1 Å². The van der Waals surface area contributed by atoms with Crippen molar-refractivity contribution in [1.29, 1.82) is 0 Å². The number of ether oxygens (including phenoxy) is 4. The van der Waals surface area contributed by atoms with Crippen LogP contribution in [0.3, 0.4) is 0 Å². The molecule has 3 N–H and O–H groups in total. The van der Waals surface area contributed by atoms with Gasteiger partial charge in [-0.1, -0.05) is 48.5 Å². The smallest absolute Gasteiger partial charge is 0.320 e. The second-order valence-corrected chi connectivity index (χ2v) is 13.3. The van der Waals surface area contributed by atoms with E-state index in [4.69, 9.17) is 28.5 Å². The molecule has 1 aliphatic rings. The average molecular weight is 717 g/mol. The number of anilines is 2. The minimum absolute atomic E-state index is 0.319. The number of nitrogens with zero attached hydrogens (tertiary/aromatic N) is 4. The number of H-pyrrole nitrogens is 1. The van der Waals surface area contributed by atoms with Crippen molar-refractivity contribution < 1.29 is 31.9 Å². The van der Waals surface area contributed by atoms with Crippen molar-refractivity contribution in [3.05, 3.63) is 101 Å². The highest BCUT2D eigenvalue weighted by Gasteiger charge is 2.16. The molecule has 0 radical (unpaired) electrons. The molecule has 1 fully saturated rings. The molecule has 0 unspecified atom stereocenters. The SMILES string of the molecule is COc1ccc(CCCc2cccc(CCOc3nc(N/N=C/c4c[nH]c5ccccc45)cc(N4CCOCC4)n3)c2)cc1OC.CS(=O)(=O)O. The number of morpholine rings is 1. The summed E-state index contributed by atoms with van der Waals surface area (Å²) in [5, 5.41) is 5.57. The van der Waals surface area contributed by atoms with Crippen LogP contribution < -0.4 is 24.5 Å². The molecule has 5 aromatic rings. The average Bonchev–Trinajstić information content (AvgIpc) is 3.54. The predicted octanol–water partition coefficient (Wildman–Crippen LogP) is 5.56. The lowest BCUT2D eigenvalue weighted by atomic mass is 10.0. The maximum atomic E-state index is 9.19. The van der Waals surface area contributed by atoms with E-state index in [1.807, 2.05) is 36.5 Å². The van der Waals surface area contributed by atoms with E-state index in [9.17, 15) is 8.42 Å². The van der Waals surface area contributed by atoms with Crippen LogP contribution in [0.15, 0.2) is 84.1 Å². The number of nitrogens with one attached hydrogen (secondary N) is 2. The number of para-hydroxylation sites is 1. The number of aryl methyl sites for hydroxylation is 2. The van der Waals surface area contributed by atoms with Gasteiger partial charge in [0.05, 0.1) is 46.5 Å². The van der Waals surface area contributed by atoms with Crippen LogP contribution in [-0.4, -0.2) is 87.5 Å². The standard InChI is InChI=1S/C36H40N6O4.CH4O3S/c1-43-32-14-13-27(22-33(32)44-2)9-5-7-26-8-6-10-28(21-26)15-18-46-36-39-34(23-35(40-36)42-16-19-45-20-17-42)41-38-25-29-24-37-31-12-4-3-11-30(29)31;1-5(2,3)4/h3-4,6,8,10-14,21-25,37H,5,7,9,15-20H2,1-2H3,(H,39,40,41);1H3,(H,2,3,4)/b38-25+;. The number of benzene rings is 3. The van der Waals surface area contributed by atoms with Crippen LogP contribution in [0.4, 0.5) is 11.6 Å².